The molecular formula is C35H39N5O2. The predicted molar refractivity (Wildman–Crippen MR) is 168 cm³/mol. The highest BCUT2D eigenvalue weighted by molar-refractivity contribution is 5.86. The summed E-state index contributed by atoms with van der Waals surface area (Å²) in [4.78, 5) is 31.0. The molecule has 2 aromatic heterocycles. The SMILES string of the molecule is Cc1nc(C)c(-c2ccc3c(c2)CCN(c2nccc(-c4ccccc4)n2)C3)c(N2CCC(C)(C)CC2)c1CC(=O)O. The van der Waals surface area contributed by atoms with Gasteiger partial charge in [0.25, 0.3) is 0 Å². The van der Waals surface area contributed by atoms with E-state index in [1.807, 2.05) is 37.4 Å². The number of pyridine rings is 1. The summed E-state index contributed by atoms with van der Waals surface area (Å²) < 4.78 is 0. The van der Waals surface area contributed by atoms with Crippen LogP contribution in [0.2, 0.25) is 0 Å². The normalized spacial score (nSPS) is 16.3. The fraction of sp³-hybridized carbons (Fsp3) is 0.371. The van der Waals surface area contributed by atoms with Gasteiger partial charge in [-0.25, -0.2) is 9.97 Å². The Bertz CT molecular complexity index is 1620. The van der Waals surface area contributed by atoms with Gasteiger partial charge >= 0.3 is 5.97 Å². The third-order valence-corrected chi connectivity index (χ3v) is 8.92. The van der Waals surface area contributed by atoms with Crippen LogP contribution in [0, 0.1) is 19.3 Å². The minimum Gasteiger partial charge on any atom is -0.481 e. The van der Waals surface area contributed by atoms with Crippen molar-refractivity contribution in [1.82, 2.24) is 15.0 Å². The van der Waals surface area contributed by atoms with Crippen molar-refractivity contribution in [1.29, 1.82) is 0 Å². The lowest BCUT2D eigenvalue weighted by Gasteiger charge is -2.40. The summed E-state index contributed by atoms with van der Waals surface area (Å²) in [7, 11) is 0. The van der Waals surface area contributed by atoms with Gasteiger partial charge in [0.1, 0.15) is 0 Å². The summed E-state index contributed by atoms with van der Waals surface area (Å²) in [5.74, 6) is -0.0735. The molecule has 0 bridgehead atoms. The molecule has 2 aliphatic heterocycles. The molecule has 0 saturated carbocycles. The molecule has 42 heavy (non-hydrogen) atoms. The number of aryl methyl sites for hydroxylation is 2. The third-order valence-electron chi connectivity index (χ3n) is 8.92. The molecule has 1 saturated heterocycles. The maximum Gasteiger partial charge on any atom is 0.307 e. The summed E-state index contributed by atoms with van der Waals surface area (Å²) in [6, 6.07) is 18.9. The second kappa shape index (κ2) is 11.2. The van der Waals surface area contributed by atoms with Crippen LogP contribution < -0.4 is 9.80 Å². The van der Waals surface area contributed by atoms with Gasteiger partial charge in [0.2, 0.25) is 5.95 Å². The first-order valence-corrected chi connectivity index (χ1v) is 14.9. The van der Waals surface area contributed by atoms with Crippen molar-refractivity contribution < 1.29 is 9.90 Å². The standard InChI is InChI=1S/C35H39N5O2/c1-23-29(21-31(41)42)33(39-18-14-35(3,4)15-19-39)32(24(2)37-23)27-10-11-28-22-40(17-13-26(28)20-27)34-36-16-12-30(38-34)25-8-6-5-7-9-25/h5-12,16,20H,13-15,17-19,21-22H2,1-4H3,(H,41,42). The lowest BCUT2D eigenvalue weighted by Crippen LogP contribution is -2.38. The summed E-state index contributed by atoms with van der Waals surface area (Å²) >= 11 is 0. The van der Waals surface area contributed by atoms with Crippen LogP contribution in [0.4, 0.5) is 11.6 Å². The molecule has 0 radical (unpaired) electrons. The molecule has 7 nitrogen and oxygen atoms in total. The lowest BCUT2D eigenvalue weighted by molar-refractivity contribution is -0.136. The molecule has 216 valence electrons. The largest absolute Gasteiger partial charge is 0.481 e. The van der Waals surface area contributed by atoms with E-state index in [-0.39, 0.29) is 6.42 Å². The quantitative estimate of drug-likeness (QED) is 0.283. The van der Waals surface area contributed by atoms with E-state index in [1.165, 1.54) is 11.1 Å². The Kier molecular flexibility index (Phi) is 7.43. The van der Waals surface area contributed by atoms with Crippen molar-refractivity contribution in [3.8, 4) is 22.4 Å². The molecule has 0 atom stereocenters. The molecule has 2 aliphatic rings. The second-order valence-corrected chi connectivity index (χ2v) is 12.5. The number of carboxylic acids is 1. The van der Waals surface area contributed by atoms with Crippen LogP contribution in [-0.2, 0) is 24.2 Å². The van der Waals surface area contributed by atoms with Crippen LogP contribution in [0.1, 0.15) is 54.8 Å². The number of aliphatic carboxylic acids is 1. The Labute approximate surface area is 248 Å². The summed E-state index contributed by atoms with van der Waals surface area (Å²) in [5, 5.41) is 9.83. The van der Waals surface area contributed by atoms with Crippen molar-refractivity contribution in [2.75, 3.05) is 29.4 Å². The summed E-state index contributed by atoms with van der Waals surface area (Å²) in [6.07, 6.45) is 4.85. The van der Waals surface area contributed by atoms with Crippen molar-refractivity contribution >= 4 is 17.6 Å². The fourth-order valence-electron chi connectivity index (χ4n) is 6.41. The molecule has 4 aromatic rings. The van der Waals surface area contributed by atoms with Crippen LogP contribution >= 0.6 is 0 Å². The number of anilines is 2. The van der Waals surface area contributed by atoms with Crippen LogP contribution in [0.3, 0.4) is 0 Å². The maximum atomic E-state index is 12.0. The number of carbonyl (C=O) groups is 1. The first-order valence-electron chi connectivity index (χ1n) is 14.9. The van der Waals surface area contributed by atoms with Gasteiger partial charge in [-0.15, -0.1) is 0 Å². The minimum atomic E-state index is -0.822. The zero-order valence-corrected chi connectivity index (χ0v) is 25.0. The van der Waals surface area contributed by atoms with Crippen molar-refractivity contribution in [3.05, 3.63) is 88.9 Å². The van der Waals surface area contributed by atoms with Gasteiger partial charge < -0.3 is 14.9 Å². The van der Waals surface area contributed by atoms with E-state index in [4.69, 9.17) is 9.97 Å². The Morgan fingerprint density at radius 3 is 2.38 bits per heavy atom. The third kappa shape index (κ3) is 5.60. The predicted octanol–water partition coefficient (Wildman–Crippen LogP) is 6.64. The smallest absolute Gasteiger partial charge is 0.307 e. The summed E-state index contributed by atoms with van der Waals surface area (Å²) in [6.45, 7) is 12.1. The molecule has 0 aliphatic carbocycles. The van der Waals surface area contributed by atoms with E-state index in [9.17, 15) is 9.90 Å². The highest BCUT2D eigenvalue weighted by atomic mass is 16.4. The molecule has 0 unspecified atom stereocenters. The molecular weight excluding hydrogens is 522 g/mol. The van der Waals surface area contributed by atoms with Gasteiger partial charge in [-0.2, -0.15) is 0 Å². The number of fused-ring (bicyclic) bond motifs is 1. The number of piperidine rings is 1. The van der Waals surface area contributed by atoms with E-state index in [1.54, 1.807) is 0 Å². The molecule has 7 heteroatoms. The van der Waals surface area contributed by atoms with Crippen LogP contribution in [0.15, 0.2) is 60.8 Å². The van der Waals surface area contributed by atoms with E-state index >= 15 is 0 Å². The van der Waals surface area contributed by atoms with Crippen molar-refractivity contribution in [2.24, 2.45) is 5.41 Å². The topological polar surface area (TPSA) is 82.5 Å². The maximum absolute atomic E-state index is 12.0. The highest BCUT2D eigenvalue weighted by Gasteiger charge is 2.30. The fourth-order valence-corrected chi connectivity index (χ4v) is 6.41. The number of benzene rings is 2. The van der Waals surface area contributed by atoms with Crippen LogP contribution in [0.5, 0.6) is 0 Å². The first kappa shape index (κ1) is 27.9. The average molecular weight is 562 g/mol. The van der Waals surface area contributed by atoms with Crippen LogP contribution in [-0.4, -0.2) is 45.7 Å². The Balaban J connectivity index is 1.34. The monoisotopic (exact) mass is 561 g/mol. The van der Waals surface area contributed by atoms with Crippen LogP contribution in [0.25, 0.3) is 22.4 Å². The van der Waals surface area contributed by atoms with Crippen molar-refractivity contribution in [2.45, 2.75) is 59.9 Å². The van der Waals surface area contributed by atoms with E-state index in [2.05, 4.69) is 65.9 Å². The Hall–Kier alpha value is -4.26. The Morgan fingerprint density at radius 1 is 0.881 bits per heavy atom. The number of carboxylic acid groups (broad SMARTS) is 1. The molecule has 1 fully saturated rings. The van der Waals surface area contributed by atoms with Gasteiger partial charge in [-0.05, 0) is 61.3 Å². The highest BCUT2D eigenvalue weighted by Crippen LogP contribution is 2.42. The average Bonchev–Trinajstić information content (AvgIpc) is 2.98. The van der Waals surface area contributed by atoms with Gasteiger partial charge in [0.15, 0.2) is 0 Å². The van der Waals surface area contributed by atoms with E-state index < -0.39 is 5.97 Å². The molecule has 0 amide bonds. The van der Waals surface area contributed by atoms with Gasteiger partial charge in [-0.1, -0.05) is 62.4 Å². The number of nitrogens with zero attached hydrogens (tertiary/aromatic N) is 5. The zero-order chi connectivity index (χ0) is 29.4. The molecule has 4 heterocycles. The molecule has 6 rings (SSSR count). The number of aromatic nitrogens is 3. The number of hydrogen-bond donors (Lipinski definition) is 1. The van der Waals surface area contributed by atoms with Gasteiger partial charge in [-0.3, -0.25) is 9.78 Å². The molecule has 2 aromatic carbocycles. The molecule has 0 spiro atoms. The summed E-state index contributed by atoms with van der Waals surface area (Å²) in [5.41, 5.74) is 10.7. The Morgan fingerprint density at radius 2 is 1.64 bits per heavy atom. The number of hydrogen-bond acceptors (Lipinski definition) is 6. The second-order valence-electron chi connectivity index (χ2n) is 12.5. The molecule has 1 N–H and O–H groups in total. The van der Waals surface area contributed by atoms with E-state index in [0.29, 0.717) is 5.41 Å². The first-order chi connectivity index (χ1) is 20.2. The zero-order valence-electron chi connectivity index (χ0n) is 25.0. The van der Waals surface area contributed by atoms with E-state index in [0.717, 1.165) is 96.4 Å². The van der Waals surface area contributed by atoms with Gasteiger partial charge in [0.05, 0.1) is 17.8 Å². The van der Waals surface area contributed by atoms with Crippen molar-refractivity contribution in [3.63, 3.8) is 0 Å². The van der Waals surface area contributed by atoms with Gasteiger partial charge in [0, 0.05) is 60.5 Å². The lowest BCUT2D eigenvalue weighted by atomic mass is 9.82. The minimum absolute atomic E-state index is 0.0245. The number of rotatable bonds is 6.